The van der Waals surface area contributed by atoms with E-state index in [0.717, 1.165) is 28.4 Å². The molecule has 0 fully saturated rings. The number of benzene rings is 2. The fraction of sp³-hybridized carbons (Fsp3) is 0.364. The molecule has 2 aromatic carbocycles. The molecule has 6 nitrogen and oxygen atoms in total. The topological polar surface area (TPSA) is 76.9 Å². The predicted octanol–water partition coefficient (Wildman–Crippen LogP) is 4.21. The highest BCUT2D eigenvalue weighted by Gasteiger charge is 2.17. The predicted molar refractivity (Wildman–Crippen MR) is 122 cm³/mol. The first-order valence-electron chi connectivity index (χ1n) is 9.71. The second-order valence-electron chi connectivity index (χ2n) is 8.40. The Balaban J connectivity index is 1.85. The Labute approximate surface area is 183 Å². The van der Waals surface area contributed by atoms with Gasteiger partial charge in [-0.05, 0) is 35.6 Å². The number of aromatic nitrogens is 3. The molecule has 30 heavy (non-hydrogen) atoms. The van der Waals surface area contributed by atoms with Crippen molar-refractivity contribution < 1.29 is 8.42 Å². The van der Waals surface area contributed by atoms with E-state index >= 15 is 0 Å². The van der Waals surface area contributed by atoms with Crippen LogP contribution in [0.15, 0.2) is 53.7 Å². The third kappa shape index (κ3) is 5.93. The minimum absolute atomic E-state index is 0.0839. The van der Waals surface area contributed by atoms with E-state index in [1.807, 2.05) is 35.8 Å². The van der Waals surface area contributed by atoms with E-state index in [1.54, 1.807) is 11.8 Å². The average Bonchev–Trinajstić information content (AvgIpc) is 3.07. The summed E-state index contributed by atoms with van der Waals surface area (Å²) in [4.78, 5) is 0. The minimum atomic E-state index is -3.33. The molecule has 8 heteroatoms. The molecule has 0 aliphatic rings. The van der Waals surface area contributed by atoms with Gasteiger partial charge >= 0.3 is 0 Å². The van der Waals surface area contributed by atoms with Crippen molar-refractivity contribution in [3.63, 3.8) is 0 Å². The Hall–Kier alpha value is -2.16. The van der Waals surface area contributed by atoms with Crippen LogP contribution in [-0.4, -0.2) is 29.4 Å². The third-order valence-corrected chi connectivity index (χ3v) is 6.34. The highest BCUT2D eigenvalue weighted by Crippen LogP contribution is 2.27. The maximum atomic E-state index is 11.5. The molecule has 160 valence electrons. The van der Waals surface area contributed by atoms with Crippen LogP contribution >= 0.6 is 11.8 Å². The van der Waals surface area contributed by atoms with Gasteiger partial charge in [-0.25, -0.2) is 13.1 Å². The molecule has 1 N–H and O–H groups in total. The maximum Gasteiger partial charge on any atom is 0.209 e. The lowest BCUT2D eigenvalue weighted by Gasteiger charge is -2.19. The standard InChI is InChI=1S/C22H28N4O2S2/c1-16-6-12-19(13-7-16)26-20(14-23-30(5,27)28)24-25-21(26)29-15-17-8-10-18(11-9-17)22(2,3)4/h6-13,23H,14-15H2,1-5H3. The average molecular weight is 445 g/mol. The fourth-order valence-electron chi connectivity index (χ4n) is 2.91. The number of sulfonamides is 1. The largest absolute Gasteiger partial charge is 0.273 e. The lowest BCUT2D eigenvalue weighted by Crippen LogP contribution is -2.23. The van der Waals surface area contributed by atoms with Crippen LogP contribution in [0.25, 0.3) is 5.69 Å². The molecule has 0 unspecified atom stereocenters. The van der Waals surface area contributed by atoms with Crippen molar-refractivity contribution in [2.24, 2.45) is 0 Å². The van der Waals surface area contributed by atoms with Crippen molar-refractivity contribution in [3.05, 3.63) is 71.0 Å². The summed E-state index contributed by atoms with van der Waals surface area (Å²) in [5.41, 5.74) is 4.67. The summed E-state index contributed by atoms with van der Waals surface area (Å²) in [6.07, 6.45) is 1.14. The van der Waals surface area contributed by atoms with Gasteiger partial charge in [0.2, 0.25) is 10.0 Å². The molecular weight excluding hydrogens is 416 g/mol. The zero-order valence-corrected chi connectivity index (χ0v) is 19.6. The molecular formula is C22H28N4O2S2. The summed E-state index contributed by atoms with van der Waals surface area (Å²) in [7, 11) is -3.33. The summed E-state index contributed by atoms with van der Waals surface area (Å²) in [6, 6.07) is 16.6. The zero-order chi connectivity index (χ0) is 21.9. The summed E-state index contributed by atoms with van der Waals surface area (Å²) in [5, 5.41) is 9.30. The maximum absolute atomic E-state index is 11.5. The van der Waals surface area contributed by atoms with E-state index < -0.39 is 10.0 Å². The van der Waals surface area contributed by atoms with Crippen molar-refractivity contribution in [3.8, 4) is 5.69 Å². The van der Waals surface area contributed by atoms with Gasteiger partial charge in [-0.2, -0.15) is 0 Å². The molecule has 3 rings (SSSR count). The van der Waals surface area contributed by atoms with Crippen LogP contribution in [0.1, 0.15) is 43.3 Å². The van der Waals surface area contributed by atoms with Crippen molar-refractivity contribution in [2.45, 2.75) is 50.6 Å². The van der Waals surface area contributed by atoms with Gasteiger partial charge in [0.25, 0.3) is 0 Å². The number of rotatable bonds is 7. The van der Waals surface area contributed by atoms with Gasteiger partial charge in [0.1, 0.15) is 0 Å². The van der Waals surface area contributed by atoms with Gasteiger partial charge in [-0.1, -0.05) is 74.5 Å². The van der Waals surface area contributed by atoms with E-state index in [1.165, 1.54) is 11.1 Å². The van der Waals surface area contributed by atoms with E-state index in [0.29, 0.717) is 5.82 Å². The van der Waals surface area contributed by atoms with Crippen molar-refractivity contribution in [2.75, 3.05) is 6.26 Å². The molecule has 0 atom stereocenters. The summed E-state index contributed by atoms with van der Waals surface area (Å²) >= 11 is 1.58. The first-order valence-corrected chi connectivity index (χ1v) is 12.6. The van der Waals surface area contributed by atoms with Gasteiger partial charge in [-0.15, -0.1) is 10.2 Å². The van der Waals surface area contributed by atoms with E-state index in [4.69, 9.17) is 0 Å². The Morgan fingerprint density at radius 1 is 1.00 bits per heavy atom. The van der Waals surface area contributed by atoms with Crippen LogP contribution in [0.5, 0.6) is 0 Å². The molecule has 3 aromatic rings. The van der Waals surface area contributed by atoms with Crippen LogP contribution in [0.3, 0.4) is 0 Å². The molecule has 0 spiro atoms. The molecule has 0 saturated carbocycles. The lowest BCUT2D eigenvalue weighted by molar-refractivity contribution is 0.584. The van der Waals surface area contributed by atoms with Crippen molar-refractivity contribution in [1.29, 1.82) is 0 Å². The van der Waals surface area contributed by atoms with E-state index in [2.05, 4.69) is 60.0 Å². The lowest BCUT2D eigenvalue weighted by atomic mass is 9.87. The van der Waals surface area contributed by atoms with Gasteiger partial charge in [0, 0.05) is 11.4 Å². The second-order valence-corrected chi connectivity index (χ2v) is 11.2. The van der Waals surface area contributed by atoms with Crippen LogP contribution in [-0.2, 0) is 27.7 Å². The smallest absolute Gasteiger partial charge is 0.209 e. The number of aryl methyl sites for hydroxylation is 1. The monoisotopic (exact) mass is 444 g/mol. The second kappa shape index (κ2) is 8.91. The Kier molecular flexibility index (Phi) is 6.69. The fourth-order valence-corrected chi connectivity index (χ4v) is 4.22. The number of nitrogens with one attached hydrogen (secondary N) is 1. The number of hydrogen-bond donors (Lipinski definition) is 1. The molecule has 0 aliphatic heterocycles. The SMILES string of the molecule is Cc1ccc(-n2c(CNS(C)(=O)=O)nnc2SCc2ccc(C(C)(C)C)cc2)cc1. The molecule has 1 heterocycles. The number of thioether (sulfide) groups is 1. The van der Waals surface area contributed by atoms with Gasteiger partial charge in [0.15, 0.2) is 11.0 Å². The highest BCUT2D eigenvalue weighted by molar-refractivity contribution is 7.98. The summed E-state index contributed by atoms with van der Waals surface area (Å²) < 4.78 is 27.5. The van der Waals surface area contributed by atoms with Gasteiger partial charge < -0.3 is 0 Å². The molecule has 0 amide bonds. The molecule has 0 bridgehead atoms. The normalized spacial score (nSPS) is 12.3. The zero-order valence-electron chi connectivity index (χ0n) is 18.0. The van der Waals surface area contributed by atoms with Crippen LogP contribution in [0.2, 0.25) is 0 Å². The van der Waals surface area contributed by atoms with Crippen molar-refractivity contribution >= 4 is 21.8 Å². The Morgan fingerprint density at radius 3 is 2.20 bits per heavy atom. The van der Waals surface area contributed by atoms with Gasteiger partial charge in [0.05, 0.1) is 12.8 Å². The Bertz CT molecular complexity index is 1100. The third-order valence-electron chi connectivity index (χ3n) is 4.67. The van der Waals surface area contributed by atoms with Crippen LogP contribution < -0.4 is 4.72 Å². The molecule has 0 saturated heterocycles. The number of nitrogens with zero attached hydrogens (tertiary/aromatic N) is 3. The first-order chi connectivity index (χ1) is 14.0. The molecule has 0 aliphatic carbocycles. The minimum Gasteiger partial charge on any atom is -0.273 e. The molecule has 0 radical (unpaired) electrons. The van der Waals surface area contributed by atoms with Crippen LogP contribution in [0, 0.1) is 6.92 Å². The van der Waals surface area contributed by atoms with Gasteiger partial charge in [-0.3, -0.25) is 4.57 Å². The summed E-state index contributed by atoms with van der Waals surface area (Å²) in [6.45, 7) is 8.71. The van der Waals surface area contributed by atoms with Crippen LogP contribution in [0.4, 0.5) is 0 Å². The summed E-state index contributed by atoms with van der Waals surface area (Å²) in [5.74, 6) is 1.29. The first kappa shape index (κ1) is 22.5. The Morgan fingerprint density at radius 2 is 1.63 bits per heavy atom. The number of hydrogen-bond acceptors (Lipinski definition) is 5. The quantitative estimate of drug-likeness (QED) is 0.552. The highest BCUT2D eigenvalue weighted by atomic mass is 32.2. The molecule has 1 aromatic heterocycles. The van der Waals surface area contributed by atoms with Crippen molar-refractivity contribution in [1.82, 2.24) is 19.5 Å². The van der Waals surface area contributed by atoms with E-state index in [9.17, 15) is 8.42 Å². The van der Waals surface area contributed by atoms with E-state index in [-0.39, 0.29) is 12.0 Å².